The van der Waals surface area contributed by atoms with Crippen LogP contribution in [-0.2, 0) is 5.41 Å². The number of rotatable bonds is 2. The summed E-state index contributed by atoms with van der Waals surface area (Å²) in [4.78, 5) is 20.4. The average molecular weight is 255 g/mol. The molecule has 2 rings (SSSR count). The maximum Gasteiger partial charge on any atom is 0.255 e. The van der Waals surface area contributed by atoms with Crippen LogP contribution in [0.15, 0.2) is 42.9 Å². The highest BCUT2D eigenvalue weighted by molar-refractivity contribution is 6.04. The van der Waals surface area contributed by atoms with Crippen LogP contribution in [0.4, 0.5) is 5.69 Å². The molecule has 0 radical (unpaired) electrons. The molecule has 0 unspecified atom stereocenters. The Bertz CT molecular complexity index is 573. The Hall–Kier alpha value is -2.23. The summed E-state index contributed by atoms with van der Waals surface area (Å²) in [7, 11) is 0. The molecule has 0 fully saturated rings. The molecule has 2 heterocycles. The smallest absolute Gasteiger partial charge is 0.255 e. The van der Waals surface area contributed by atoms with Gasteiger partial charge in [-0.15, -0.1) is 0 Å². The number of carbonyl (C=O) groups excluding carboxylic acids is 1. The first-order chi connectivity index (χ1) is 8.97. The van der Waals surface area contributed by atoms with Crippen molar-refractivity contribution < 1.29 is 4.79 Å². The number of pyridine rings is 2. The van der Waals surface area contributed by atoms with Crippen LogP contribution >= 0.6 is 0 Å². The van der Waals surface area contributed by atoms with Crippen molar-refractivity contribution in [3.05, 3.63) is 54.1 Å². The van der Waals surface area contributed by atoms with Gasteiger partial charge in [-0.3, -0.25) is 14.8 Å². The molecule has 0 aliphatic carbocycles. The quantitative estimate of drug-likeness (QED) is 0.897. The lowest BCUT2D eigenvalue weighted by atomic mass is 9.91. The van der Waals surface area contributed by atoms with Crippen molar-refractivity contribution in [3.63, 3.8) is 0 Å². The van der Waals surface area contributed by atoms with Crippen molar-refractivity contribution in [2.75, 3.05) is 5.32 Å². The zero-order chi connectivity index (χ0) is 13.9. The van der Waals surface area contributed by atoms with Gasteiger partial charge in [0, 0.05) is 41.0 Å². The largest absolute Gasteiger partial charge is 0.322 e. The molecule has 0 aromatic carbocycles. The Labute approximate surface area is 112 Å². The fourth-order valence-corrected chi connectivity index (χ4v) is 1.62. The monoisotopic (exact) mass is 255 g/mol. The molecule has 1 N–H and O–H groups in total. The van der Waals surface area contributed by atoms with E-state index in [1.807, 2.05) is 6.07 Å². The van der Waals surface area contributed by atoms with Crippen LogP contribution < -0.4 is 5.32 Å². The van der Waals surface area contributed by atoms with E-state index < -0.39 is 0 Å². The van der Waals surface area contributed by atoms with E-state index in [-0.39, 0.29) is 11.3 Å². The average Bonchev–Trinajstić information content (AvgIpc) is 2.39. The van der Waals surface area contributed by atoms with Gasteiger partial charge in [-0.05, 0) is 24.3 Å². The molecule has 98 valence electrons. The van der Waals surface area contributed by atoms with Gasteiger partial charge in [0.05, 0.1) is 0 Å². The van der Waals surface area contributed by atoms with E-state index >= 15 is 0 Å². The maximum atomic E-state index is 12.1. The SMILES string of the molecule is CC(C)(C)c1cc(C(=O)Nc2ccncc2)ccn1. The third-order valence-corrected chi connectivity index (χ3v) is 2.73. The molecule has 0 saturated carbocycles. The molecule has 4 nitrogen and oxygen atoms in total. The molecule has 0 spiro atoms. The number of amides is 1. The molecule has 1 amide bonds. The number of nitrogens with one attached hydrogen (secondary N) is 1. The van der Waals surface area contributed by atoms with E-state index in [1.54, 1.807) is 36.8 Å². The van der Waals surface area contributed by atoms with Gasteiger partial charge in [0.2, 0.25) is 0 Å². The number of nitrogens with zero attached hydrogens (tertiary/aromatic N) is 2. The molecule has 2 aromatic rings. The van der Waals surface area contributed by atoms with Gasteiger partial charge in [0.1, 0.15) is 0 Å². The predicted molar refractivity (Wildman–Crippen MR) is 75.1 cm³/mol. The van der Waals surface area contributed by atoms with E-state index in [9.17, 15) is 4.79 Å². The normalized spacial score (nSPS) is 11.1. The highest BCUT2D eigenvalue weighted by atomic mass is 16.1. The highest BCUT2D eigenvalue weighted by Gasteiger charge is 2.17. The van der Waals surface area contributed by atoms with Gasteiger partial charge in [0.15, 0.2) is 0 Å². The van der Waals surface area contributed by atoms with Crippen LogP contribution in [-0.4, -0.2) is 15.9 Å². The number of hydrogen-bond donors (Lipinski definition) is 1. The fourth-order valence-electron chi connectivity index (χ4n) is 1.62. The molecule has 0 aliphatic heterocycles. The van der Waals surface area contributed by atoms with Gasteiger partial charge in [-0.25, -0.2) is 0 Å². The molecular formula is C15H17N3O. The Balaban J connectivity index is 2.20. The van der Waals surface area contributed by atoms with Gasteiger partial charge < -0.3 is 5.32 Å². The Kier molecular flexibility index (Phi) is 3.60. The van der Waals surface area contributed by atoms with E-state index in [2.05, 4.69) is 36.1 Å². The van der Waals surface area contributed by atoms with Crippen molar-refractivity contribution >= 4 is 11.6 Å². The van der Waals surface area contributed by atoms with Crippen molar-refractivity contribution in [1.82, 2.24) is 9.97 Å². The predicted octanol–water partition coefficient (Wildman–Crippen LogP) is 3.03. The number of hydrogen-bond acceptors (Lipinski definition) is 3. The summed E-state index contributed by atoms with van der Waals surface area (Å²) in [5.74, 6) is -0.140. The number of anilines is 1. The van der Waals surface area contributed by atoms with Crippen LogP contribution in [0.25, 0.3) is 0 Å². The molecule has 0 aliphatic rings. The Morgan fingerprint density at radius 3 is 2.42 bits per heavy atom. The zero-order valence-electron chi connectivity index (χ0n) is 11.3. The van der Waals surface area contributed by atoms with Gasteiger partial charge in [-0.1, -0.05) is 20.8 Å². The lowest BCUT2D eigenvalue weighted by Crippen LogP contribution is -2.17. The van der Waals surface area contributed by atoms with Gasteiger partial charge >= 0.3 is 0 Å². The third-order valence-electron chi connectivity index (χ3n) is 2.73. The first kappa shape index (κ1) is 13.2. The van der Waals surface area contributed by atoms with Crippen molar-refractivity contribution in [3.8, 4) is 0 Å². The standard InChI is InChI=1S/C15H17N3O/c1-15(2,3)13-10-11(4-9-17-13)14(19)18-12-5-7-16-8-6-12/h4-10H,1-3H3,(H,16,18,19). The summed E-state index contributed by atoms with van der Waals surface area (Å²) in [5.41, 5.74) is 2.16. The third kappa shape index (κ3) is 3.37. The van der Waals surface area contributed by atoms with Crippen LogP contribution in [0.1, 0.15) is 36.8 Å². The maximum absolute atomic E-state index is 12.1. The van der Waals surface area contributed by atoms with E-state index in [0.717, 1.165) is 11.4 Å². The fraction of sp³-hybridized carbons (Fsp3) is 0.267. The molecule has 0 atom stereocenters. The minimum atomic E-state index is -0.140. The molecule has 2 aromatic heterocycles. The highest BCUT2D eigenvalue weighted by Crippen LogP contribution is 2.20. The molecule has 0 saturated heterocycles. The molecular weight excluding hydrogens is 238 g/mol. The Morgan fingerprint density at radius 1 is 1.11 bits per heavy atom. The zero-order valence-corrected chi connectivity index (χ0v) is 11.3. The molecule has 19 heavy (non-hydrogen) atoms. The van der Waals surface area contributed by atoms with Crippen LogP contribution in [0.3, 0.4) is 0 Å². The second kappa shape index (κ2) is 5.18. The summed E-state index contributed by atoms with van der Waals surface area (Å²) in [5, 5.41) is 2.83. The van der Waals surface area contributed by atoms with Gasteiger partial charge in [-0.2, -0.15) is 0 Å². The molecule has 4 heteroatoms. The van der Waals surface area contributed by atoms with Crippen LogP contribution in [0.2, 0.25) is 0 Å². The minimum absolute atomic E-state index is 0.0764. The lowest BCUT2D eigenvalue weighted by Gasteiger charge is -2.18. The topological polar surface area (TPSA) is 54.9 Å². The second-order valence-corrected chi connectivity index (χ2v) is 5.37. The summed E-state index contributed by atoms with van der Waals surface area (Å²) < 4.78 is 0. The summed E-state index contributed by atoms with van der Waals surface area (Å²) in [6.45, 7) is 6.21. The van der Waals surface area contributed by atoms with E-state index in [4.69, 9.17) is 0 Å². The first-order valence-electron chi connectivity index (χ1n) is 6.15. The summed E-state index contributed by atoms with van der Waals surface area (Å²) >= 11 is 0. The number of aromatic nitrogens is 2. The van der Waals surface area contributed by atoms with Crippen molar-refractivity contribution in [2.45, 2.75) is 26.2 Å². The van der Waals surface area contributed by atoms with Gasteiger partial charge in [0.25, 0.3) is 5.91 Å². The minimum Gasteiger partial charge on any atom is -0.322 e. The lowest BCUT2D eigenvalue weighted by molar-refractivity contribution is 0.102. The van der Waals surface area contributed by atoms with Crippen molar-refractivity contribution in [1.29, 1.82) is 0 Å². The Morgan fingerprint density at radius 2 is 1.79 bits per heavy atom. The van der Waals surface area contributed by atoms with Crippen LogP contribution in [0.5, 0.6) is 0 Å². The van der Waals surface area contributed by atoms with E-state index in [0.29, 0.717) is 5.56 Å². The number of carbonyl (C=O) groups is 1. The first-order valence-corrected chi connectivity index (χ1v) is 6.15. The summed E-state index contributed by atoms with van der Waals surface area (Å²) in [6, 6.07) is 7.05. The molecule has 0 bridgehead atoms. The summed E-state index contributed by atoms with van der Waals surface area (Å²) in [6.07, 6.45) is 4.95. The van der Waals surface area contributed by atoms with Crippen molar-refractivity contribution in [2.24, 2.45) is 0 Å². The second-order valence-electron chi connectivity index (χ2n) is 5.37. The van der Waals surface area contributed by atoms with Crippen LogP contribution in [0, 0.1) is 0 Å². The van der Waals surface area contributed by atoms with E-state index in [1.165, 1.54) is 0 Å².